The van der Waals surface area contributed by atoms with E-state index in [9.17, 15) is 4.79 Å². The normalized spacial score (nSPS) is 16.3. The van der Waals surface area contributed by atoms with E-state index in [-0.39, 0.29) is 11.8 Å². The quantitative estimate of drug-likeness (QED) is 0.568. The van der Waals surface area contributed by atoms with Gasteiger partial charge >= 0.3 is 0 Å². The Morgan fingerprint density at radius 3 is 2.41 bits per heavy atom. The maximum absolute atomic E-state index is 12.6. The van der Waals surface area contributed by atoms with Crippen LogP contribution < -0.4 is 14.4 Å². The van der Waals surface area contributed by atoms with Crippen LogP contribution in [0.1, 0.15) is 18.2 Å². The average molecular weight is 411 g/mol. The molecule has 1 saturated heterocycles. The van der Waals surface area contributed by atoms with E-state index in [1.54, 1.807) is 36.9 Å². The zero-order chi connectivity index (χ0) is 20.4. The minimum absolute atomic E-state index is 0.0506. The van der Waals surface area contributed by atoms with E-state index in [0.29, 0.717) is 36.2 Å². The molecule has 0 aliphatic carbocycles. The number of carbonyl (C=O) groups excluding carboxylic acids is 1. The summed E-state index contributed by atoms with van der Waals surface area (Å²) < 4.78 is 16.1. The molecular weight excluding hydrogens is 390 g/mol. The molecule has 1 atom stereocenters. The number of hydrogen-bond acceptors (Lipinski definition) is 7. The number of nitrogens with zero attached hydrogens (tertiary/aromatic N) is 3. The molecule has 0 bridgehead atoms. The van der Waals surface area contributed by atoms with Crippen molar-refractivity contribution in [3.8, 4) is 22.9 Å². The highest BCUT2D eigenvalue weighted by Gasteiger charge is 2.35. The molecule has 0 radical (unpaired) electrons. The number of benzene rings is 2. The van der Waals surface area contributed by atoms with Gasteiger partial charge in [0.2, 0.25) is 17.6 Å². The summed E-state index contributed by atoms with van der Waals surface area (Å²) >= 11 is 1.67. The lowest BCUT2D eigenvalue weighted by atomic mass is 10.1. The summed E-state index contributed by atoms with van der Waals surface area (Å²) in [7, 11) is 3.18. The molecule has 1 aromatic heterocycles. The summed E-state index contributed by atoms with van der Waals surface area (Å²) in [4.78, 5) is 20.0. The number of hydrogen-bond donors (Lipinski definition) is 0. The summed E-state index contributed by atoms with van der Waals surface area (Å²) in [5, 5.41) is 4.10. The average Bonchev–Trinajstić information content (AvgIpc) is 3.40. The van der Waals surface area contributed by atoms with Gasteiger partial charge in [-0.2, -0.15) is 4.98 Å². The monoisotopic (exact) mass is 411 g/mol. The lowest BCUT2D eigenvalue weighted by Crippen LogP contribution is -2.24. The molecule has 1 amide bonds. The number of methoxy groups -OCH3 is 2. The molecule has 0 N–H and O–H groups in total. The zero-order valence-corrected chi connectivity index (χ0v) is 17.2. The van der Waals surface area contributed by atoms with Crippen molar-refractivity contribution >= 4 is 23.4 Å². The molecule has 8 heteroatoms. The highest BCUT2D eigenvalue weighted by molar-refractivity contribution is 7.98. The molecule has 150 valence electrons. The van der Waals surface area contributed by atoms with Crippen molar-refractivity contribution in [2.24, 2.45) is 0 Å². The Labute approximate surface area is 173 Å². The van der Waals surface area contributed by atoms with Crippen molar-refractivity contribution in [1.29, 1.82) is 0 Å². The fourth-order valence-electron chi connectivity index (χ4n) is 3.34. The van der Waals surface area contributed by atoms with Crippen LogP contribution in [0, 0.1) is 0 Å². The summed E-state index contributed by atoms with van der Waals surface area (Å²) in [6.45, 7) is 0.514. The maximum atomic E-state index is 12.6. The first kappa shape index (κ1) is 19.3. The number of thioether (sulfide) groups is 1. The third-order valence-electron chi connectivity index (χ3n) is 4.91. The molecule has 1 aliphatic rings. The standard InChI is InChI=1S/C21H21N3O4S/c1-26-16-8-13(9-17(11-16)27-2)20-22-21(28-23-20)14-10-19(25)24(12-14)15-4-6-18(29-3)7-5-15/h4-9,11,14H,10,12H2,1-3H3. The minimum Gasteiger partial charge on any atom is -0.497 e. The first-order valence-electron chi connectivity index (χ1n) is 9.12. The molecule has 1 aliphatic heterocycles. The van der Waals surface area contributed by atoms with Crippen molar-refractivity contribution in [3.05, 3.63) is 48.4 Å². The van der Waals surface area contributed by atoms with Crippen LogP contribution in [-0.4, -0.2) is 43.1 Å². The van der Waals surface area contributed by atoms with Gasteiger partial charge in [-0.1, -0.05) is 5.16 Å². The summed E-state index contributed by atoms with van der Waals surface area (Å²) in [5.74, 6) is 2.08. The predicted molar refractivity (Wildman–Crippen MR) is 111 cm³/mol. The Kier molecular flexibility index (Phi) is 5.44. The van der Waals surface area contributed by atoms with Crippen molar-refractivity contribution in [2.75, 3.05) is 31.9 Å². The SMILES string of the molecule is COc1cc(OC)cc(-c2noc(C3CC(=O)N(c4ccc(SC)cc4)C3)n2)c1. The Hall–Kier alpha value is -3.00. The van der Waals surface area contributed by atoms with E-state index >= 15 is 0 Å². The van der Waals surface area contributed by atoms with Gasteiger partial charge < -0.3 is 18.9 Å². The Morgan fingerprint density at radius 2 is 1.79 bits per heavy atom. The lowest BCUT2D eigenvalue weighted by Gasteiger charge is -2.16. The lowest BCUT2D eigenvalue weighted by molar-refractivity contribution is -0.117. The molecular formula is C21H21N3O4S. The van der Waals surface area contributed by atoms with Crippen LogP contribution in [0.15, 0.2) is 51.9 Å². The van der Waals surface area contributed by atoms with Gasteiger partial charge in [-0.25, -0.2) is 0 Å². The third kappa shape index (κ3) is 3.93. The fraction of sp³-hybridized carbons (Fsp3) is 0.286. The topological polar surface area (TPSA) is 77.7 Å². The van der Waals surface area contributed by atoms with Gasteiger partial charge in [0.25, 0.3) is 0 Å². The molecule has 7 nitrogen and oxygen atoms in total. The van der Waals surface area contributed by atoms with Crippen LogP contribution in [0.2, 0.25) is 0 Å². The maximum Gasteiger partial charge on any atom is 0.232 e. The third-order valence-corrected chi connectivity index (χ3v) is 5.65. The molecule has 29 heavy (non-hydrogen) atoms. The molecule has 2 aromatic carbocycles. The second kappa shape index (κ2) is 8.16. The van der Waals surface area contributed by atoms with Crippen molar-refractivity contribution < 1.29 is 18.8 Å². The number of rotatable bonds is 6. The second-order valence-electron chi connectivity index (χ2n) is 6.66. The molecule has 2 heterocycles. The van der Waals surface area contributed by atoms with E-state index in [0.717, 1.165) is 16.1 Å². The van der Waals surface area contributed by atoms with Crippen LogP contribution in [-0.2, 0) is 4.79 Å². The van der Waals surface area contributed by atoms with Crippen LogP contribution in [0.4, 0.5) is 5.69 Å². The first-order chi connectivity index (χ1) is 14.1. The number of ether oxygens (including phenoxy) is 2. The van der Waals surface area contributed by atoms with Crippen LogP contribution in [0.5, 0.6) is 11.5 Å². The van der Waals surface area contributed by atoms with E-state index in [2.05, 4.69) is 10.1 Å². The summed E-state index contributed by atoms with van der Waals surface area (Å²) in [5.41, 5.74) is 1.61. The molecule has 4 rings (SSSR count). The van der Waals surface area contributed by atoms with Crippen molar-refractivity contribution in [1.82, 2.24) is 10.1 Å². The molecule has 1 fully saturated rings. The predicted octanol–water partition coefficient (Wildman–Crippen LogP) is 4.00. The van der Waals surface area contributed by atoms with Crippen molar-refractivity contribution in [3.63, 3.8) is 0 Å². The Balaban J connectivity index is 1.55. The van der Waals surface area contributed by atoms with Gasteiger partial charge in [0, 0.05) is 35.2 Å². The van der Waals surface area contributed by atoms with Gasteiger partial charge in [0.1, 0.15) is 11.5 Å². The molecule has 0 spiro atoms. The second-order valence-corrected chi connectivity index (χ2v) is 7.54. The fourth-order valence-corrected chi connectivity index (χ4v) is 3.75. The first-order valence-corrected chi connectivity index (χ1v) is 10.3. The van der Waals surface area contributed by atoms with E-state index in [1.165, 1.54) is 0 Å². The van der Waals surface area contributed by atoms with E-state index in [1.807, 2.05) is 42.7 Å². The van der Waals surface area contributed by atoms with Gasteiger partial charge in [-0.15, -0.1) is 11.8 Å². The van der Waals surface area contributed by atoms with Gasteiger partial charge in [0.15, 0.2) is 0 Å². The van der Waals surface area contributed by atoms with Crippen molar-refractivity contribution in [2.45, 2.75) is 17.2 Å². The summed E-state index contributed by atoms with van der Waals surface area (Å²) in [6, 6.07) is 13.4. The van der Waals surface area contributed by atoms with Gasteiger partial charge in [-0.3, -0.25) is 4.79 Å². The Bertz CT molecular complexity index is 997. The van der Waals surface area contributed by atoms with E-state index < -0.39 is 0 Å². The van der Waals surface area contributed by atoms with Crippen LogP contribution >= 0.6 is 11.8 Å². The minimum atomic E-state index is -0.142. The molecule has 0 saturated carbocycles. The number of anilines is 1. The van der Waals surface area contributed by atoms with Gasteiger partial charge in [-0.05, 0) is 42.7 Å². The molecule has 1 unspecified atom stereocenters. The highest BCUT2D eigenvalue weighted by atomic mass is 32.2. The number of carbonyl (C=O) groups is 1. The van der Waals surface area contributed by atoms with Crippen LogP contribution in [0.3, 0.4) is 0 Å². The Morgan fingerprint density at radius 1 is 1.10 bits per heavy atom. The highest BCUT2D eigenvalue weighted by Crippen LogP contribution is 2.34. The van der Waals surface area contributed by atoms with E-state index in [4.69, 9.17) is 14.0 Å². The number of amides is 1. The summed E-state index contributed by atoms with van der Waals surface area (Å²) in [6.07, 6.45) is 2.37. The van der Waals surface area contributed by atoms with Gasteiger partial charge in [0.05, 0.1) is 20.1 Å². The smallest absolute Gasteiger partial charge is 0.232 e. The molecule has 3 aromatic rings. The van der Waals surface area contributed by atoms with Crippen LogP contribution in [0.25, 0.3) is 11.4 Å². The largest absolute Gasteiger partial charge is 0.497 e. The number of aromatic nitrogens is 2. The zero-order valence-electron chi connectivity index (χ0n) is 16.4.